The van der Waals surface area contributed by atoms with Crippen molar-refractivity contribution >= 4 is 11.8 Å². The number of benzene rings is 2. The third-order valence-corrected chi connectivity index (χ3v) is 4.79. The summed E-state index contributed by atoms with van der Waals surface area (Å²) in [7, 11) is 0. The van der Waals surface area contributed by atoms with Gasteiger partial charge in [-0.3, -0.25) is 14.5 Å². The molecule has 2 aromatic carbocycles. The highest BCUT2D eigenvalue weighted by atomic mass is 16.5. The van der Waals surface area contributed by atoms with Gasteiger partial charge in [-0.15, -0.1) is 0 Å². The summed E-state index contributed by atoms with van der Waals surface area (Å²) >= 11 is 0. The van der Waals surface area contributed by atoms with Gasteiger partial charge < -0.3 is 15.0 Å². The Labute approximate surface area is 166 Å². The maximum Gasteiger partial charge on any atom is 0.258 e. The summed E-state index contributed by atoms with van der Waals surface area (Å²) in [6.07, 6.45) is 0. The monoisotopic (exact) mass is 381 g/mol. The van der Waals surface area contributed by atoms with E-state index < -0.39 is 6.04 Å². The van der Waals surface area contributed by atoms with Gasteiger partial charge in [0.25, 0.3) is 5.91 Å². The molecular weight excluding hydrogens is 354 g/mol. The molecule has 1 atom stereocenters. The van der Waals surface area contributed by atoms with Crippen LogP contribution < -0.4 is 10.1 Å². The van der Waals surface area contributed by atoms with Crippen molar-refractivity contribution in [3.8, 4) is 5.75 Å². The first-order valence-corrected chi connectivity index (χ1v) is 9.64. The molecule has 2 aromatic rings. The van der Waals surface area contributed by atoms with E-state index in [9.17, 15) is 9.59 Å². The molecule has 0 aliphatic carbocycles. The van der Waals surface area contributed by atoms with Gasteiger partial charge in [-0.2, -0.15) is 0 Å². The Kier molecular flexibility index (Phi) is 7.03. The zero-order valence-electron chi connectivity index (χ0n) is 16.2. The summed E-state index contributed by atoms with van der Waals surface area (Å²) in [5, 5.41) is 2.73. The van der Waals surface area contributed by atoms with E-state index >= 15 is 0 Å². The van der Waals surface area contributed by atoms with Crippen LogP contribution in [-0.4, -0.2) is 60.4 Å². The van der Waals surface area contributed by atoms with Crippen molar-refractivity contribution in [3.05, 3.63) is 66.2 Å². The van der Waals surface area contributed by atoms with E-state index in [0.717, 1.165) is 19.6 Å². The third kappa shape index (κ3) is 5.82. The Hall–Kier alpha value is -2.86. The third-order valence-electron chi connectivity index (χ3n) is 4.79. The predicted molar refractivity (Wildman–Crippen MR) is 108 cm³/mol. The van der Waals surface area contributed by atoms with Gasteiger partial charge in [-0.05, 0) is 24.6 Å². The second kappa shape index (κ2) is 9.90. The summed E-state index contributed by atoms with van der Waals surface area (Å²) < 4.78 is 5.42. The van der Waals surface area contributed by atoms with Crippen molar-refractivity contribution < 1.29 is 14.3 Å². The van der Waals surface area contributed by atoms with Crippen LogP contribution in [0.1, 0.15) is 12.5 Å². The second-order valence-electron chi connectivity index (χ2n) is 6.98. The molecule has 1 N–H and O–H groups in total. The maximum atomic E-state index is 12.6. The number of hydrogen-bond acceptors (Lipinski definition) is 4. The van der Waals surface area contributed by atoms with Crippen LogP contribution in [0.15, 0.2) is 60.7 Å². The number of piperazine rings is 1. The minimum absolute atomic E-state index is 0.0487. The van der Waals surface area contributed by atoms with E-state index in [1.807, 2.05) is 41.3 Å². The van der Waals surface area contributed by atoms with Crippen LogP contribution in [-0.2, 0) is 16.1 Å². The Morgan fingerprint density at radius 1 is 0.964 bits per heavy atom. The van der Waals surface area contributed by atoms with Gasteiger partial charge in [-0.25, -0.2) is 0 Å². The number of ether oxygens (including phenoxy) is 1. The fourth-order valence-electron chi connectivity index (χ4n) is 3.25. The Morgan fingerprint density at radius 2 is 1.57 bits per heavy atom. The Bertz CT molecular complexity index is 759. The second-order valence-corrected chi connectivity index (χ2v) is 6.98. The quantitative estimate of drug-likeness (QED) is 0.796. The lowest BCUT2D eigenvalue weighted by molar-refractivity contribution is -0.137. The van der Waals surface area contributed by atoms with Crippen molar-refractivity contribution in [1.29, 1.82) is 0 Å². The summed E-state index contributed by atoms with van der Waals surface area (Å²) in [5.74, 6) is 0.283. The number of carbonyl (C=O) groups is 2. The average Bonchev–Trinajstić information content (AvgIpc) is 2.74. The van der Waals surface area contributed by atoms with Crippen molar-refractivity contribution in [3.63, 3.8) is 0 Å². The van der Waals surface area contributed by atoms with Crippen molar-refractivity contribution in [2.75, 3.05) is 32.8 Å². The van der Waals surface area contributed by atoms with Crippen LogP contribution in [0.3, 0.4) is 0 Å². The van der Waals surface area contributed by atoms with E-state index in [0.29, 0.717) is 18.8 Å². The molecule has 1 heterocycles. The largest absolute Gasteiger partial charge is 0.484 e. The maximum absolute atomic E-state index is 12.6. The zero-order valence-corrected chi connectivity index (χ0v) is 16.2. The van der Waals surface area contributed by atoms with Gasteiger partial charge in [0.2, 0.25) is 5.91 Å². The topological polar surface area (TPSA) is 61.9 Å². The molecule has 148 valence electrons. The number of hydrogen-bond donors (Lipinski definition) is 1. The lowest BCUT2D eigenvalue weighted by Crippen LogP contribution is -2.54. The van der Waals surface area contributed by atoms with Gasteiger partial charge in [-0.1, -0.05) is 48.5 Å². The molecule has 1 fully saturated rings. The fraction of sp³-hybridized carbons (Fsp3) is 0.364. The number of carbonyl (C=O) groups excluding carboxylic acids is 2. The number of para-hydroxylation sites is 1. The lowest BCUT2D eigenvalue weighted by Gasteiger charge is -2.36. The minimum atomic E-state index is -0.562. The molecule has 1 aliphatic rings. The lowest BCUT2D eigenvalue weighted by atomic mass is 10.2. The molecule has 2 amide bonds. The van der Waals surface area contributed by atoms with E-state index in [-0.39, 0.29) is 18.4 Å². The van der Waals surface area contributed by atoms with Crippen molar-refractivity contribution in [1.82, 2.24) is 15.1 Å². The standard InChI is InChI=1S/C22H27N3O3/c1-18(23-21(26)17-28-20-10-6-3-7-11-20)22(27)25-14-12-24(13-15-25)16-19-8-4-2-5-9-19/h2-11,18H,12-17H2,1H3,(H,23,26)/t18-/m0/s1. The molecule has 0 bridgehead atoms. The number of nitrogens with one attached hydrogen (secondary N) is 1. The highest BCUT2D eigenvalue weighted by molar-refractivity contribution is 5.87. The van der Waals surface area contributed by atoms with Crippen molar-refractivity contribution in [2.24, 2.45) is 0 Å². The van der Waals surface area contributed by atoms with Crippen LogP contribution in [0.5, 0.6) is 5.75 Å². The van der Waals surface area contributed by atoms with Crippen LogP contribution >= 0.6 is 0 Å². The first-order chi connectivity index (χ1) is 13.6. The first-order valence-electron chi connectivity index (χ1n) is 9.64. The highest BCUT2D eigenvalue weighted by Gasteiger charge is 2.25. The van der Waals surface area contributed by atoms with Crippen LogP contribution in [0.4, 0.5) is 0 Å². The van der Waals surface area contributed by atoms with Crippen LogP contribution in [0.25, 0.3) is 0 Å². The smallest absolute Gasteiger partial charge is 0.258 e. The number of nitrogens with zero attached hydrogens (tertiary/aromatic N) is 2. The molecule has 0 saturated carbocycles. The van der Waals surface area contributed by atoms with Gasteiger partial charge in [0.15, 0.2) is 6.61 Å². The zero-order chi connectivity index (χ0) is 19.8. The van der Waals surface area contributed by atoms with Gasteiger partial charge in [0, 0.05) is 32.7 Å². The molecule has 28 heavy (non-hydrogen) atoms. The van der Waals surface area contributed by atoms with Gasteiger partial charge in [0.05, 0.1) is 0 Å². The Balaban J connectivity index is 1.39. The Morgan fingerprint density at radius 3 is 2.21 bits per heavy atom. The van der Waals surface area contributed by atoms with E-state index in [1.165, 1.54) is 5.56 Å². The molecule has 0 unspecified atom stereocenters. The first kappa shape index (κ1) is 19.9. The van der Waals surface area contributed by atoms with Crippen LogP contribution in [0.2, 0.25) is 0 Å². The summed E-state index contributed by atoms with van der Waals surface area (Å²) in [6, 6.07) is 18.9. The molecule has 6 heteroatoms. The predicted octanol–water partition coefficient (Wildman–Crippen LogP) is 1.91. The summed E-state index contributed by atoms with van der Waals surface area (Å²) in [6.45, 7) is 5.52. The van der Waals surface area contributed by atoms with Crippen molar-refractivity contribution in [2.45, 2.75) is 19.5 Å². The summed E-state index contributed by atoms with van der Waals surface area (Å²) in [4.78, 5) is 28.8. The van der Waals surface area contributed by atoms with Gasteiger partial charge in [0.1, 0.15) is 11.8 Å². The van der Waals surface area contributed by atoms with E-state index in [1.54, 1.807) is 19.1 Å². The summed E-state index contributed by atoms with van der Waals surface area (Å²) in [5.41, 5.74) is 1.28. The molecule has 1 aliphatic heterocycles. The van der Waals surface area contributed by atoms with E-state index in [4.69, 9.17) is 4.74 Å². The van der Waals surface area contributed by atoms with Crippen LogP contribution in [0, 0.1) is 0 Å². The molecule has 0 aromatic heterocycles. The van der Waals surface area contributed by atoms with E-state index in [2.05, 4.69) is 22.3 Å². The molecule has 1 saturated heterocycles. The molecule has 0 radical (unpaired) electrons. The minimum Gasteiger partial charge on any atom is -0.484 e. The fourth-order valence-corrected chi connectivity index (χ4v) is 3.25. The molecular formula is C22H27N3O3. The SMILES string of the molecule is C[C@H](NC(=O)COc1ccccc1)C(=O)N1CCN(Cc2ccccc2)CC1. The van der Waals surface area contributed by atoms with Gasteiger partial charge >= 0.3 is 0 Å². The molecule has 0 spiro atoms. The molecule has 6 nitrogen and oxygen atoms in total. The number of rotatable bonds is 7. The normalized spacial score (nSPS) is 15.7. The average molecular weight is 381 g/mol. The molecule has 3 rings (SSSR count). The number of amides is 2. The highest BCUT2D eigenvalue weighted by Crippen LogP contribution is 2.10.